The summed E-state index contributed by atoms with van der Waals surface area (Å²) in [6.07, 6.45) is 0.916. The molecule has 15 heavy (non-hydrogen) atoms. The van der Waals surface area contributed by atoms with E-state index >= 15 is 0 Å². The zero-order valence-electron chi connectivity index (χ0n) is 10.4. The minimum Gasteiger partial charge on any atom is -0.298 e. The fourth-order valence-corrected chi connectivity index (χ4v) is 3.15. The van der Waals surface area contributed by atoms with Crippen molar-refractivity contribution in [3.8, 4) is 0 Å². The van der Waals surface area contributed by atoms with E-state index in [1.165, 1.54) is 5.75 Å². The lowest BCUT2D eigenvalue weighted by molar-refractivity contribution is -0.128. The molecule has 1 saturated heterocycles. The highest BCUT2D eigenvalue weighted by molar-refractivity contribution is 7.99. The monoisotopic (exact) mass is 229 g/mol. The van der Waals surface area contributed by atoms with Gasteiger partial charge < -0.3 is 0 Å². The van der Waals surface area contributed by atoms with Gasteiger partial charge in [0.25, 0.3) is 0 Å². The van der Waals surface area contributed by atoms with Gasteiger partial charge in [-0.25, -0.2) is 0 Å². The molecule has 0 aromatic heterocycles. The Morgan fingerprint density at radius 1 is 1.60 bits per heavy atom. The molecule has 0 aromatic rings. The van der Waals surface area contributed by atoms with Gasteiger partial charge in [-0.3, -0.25) is 9.69 Å². The molecule has 1 heterocycles. The standard InChI is InChI=1S/C12H23NOS/c1-5-12(4,11(3)14)13-6-7-15-9-10(2)8-13/h10H,5-9H2,1-4H3. The molecule has 0 spiro atoms. The average molecular weight is 229 g/mol. The first-order valence-electron chi connectivity index (χ1n) is 5.84. The maximum Gasteiger partial charge on any atom is 0.149 e. The van der Waals surface area contributed by atoms with Crippen molar-refractivity contribution in [3.05, 3.63) is 0 Å². The van der Waals surface area contributed by atoms with E-state index in [4.69, 9.17) is 0 Å². The van der Waals surface area contributed by atoms with E-state index < -0.39 is 0 Å². The molecule has 2 nitrogen and oxygen atoms in total. The first-order chi connectivity index (χ1) is 7.00. The van der Waals surface area contributed by atoms with Crippen molar-refractivity contribution in [1.82, 2.24) is 4.90 Å². The Kier molecular flexibility index (Phi) is 4.65. The predicted molar refractivity (Wildman–Crippen MR) is 67.4 cm³/mol. The number of hydrogen-bond acceptors (Lipinski definition) is 3. The molecule has 0 aromatic carbocycles. The molecule has 3 heteroatoms. The molecule has 1 fully saturated rings. The maximum atomic E-state index is 11.8. The fourth-order valence-electron chi connectivity index (χ4n) is 2.12. The molecular weight excluding hydrogens is 206 g/mol. The second-order valence-corrected chi connectivity index (χ2v) is 5.96. The molecule has 1 aliphatic rings. The number of ketones is 1. The smallest absolute Gasteiger partial charge is 0.149 e. The van der Waals surface area contributed by atoms with Crippen molar-refractivity contribution >= 4 is 17.5 Å². The van der Waals surface area contributed by atoms with E-state index in [-0.39, 0.29) is 5.54 Å². The van der Waals surface area contributed by atoms with Crippen LogP contribution in [0.1, 0.15) is 34.1 Å². The largest absolute Gasteiger partial charge is 0.298 e. The van der Waals surface area contributed by atoms with Gasteiger partial charge in [0.2, 0.25) is 0 Å². The van der Waals surface area contributed by atoms with Crippen LogP contribution in [0.15, 0.2) is 0 Å². The highest BCUT2D eigenvalue weighted by Crippen LogP contribution is 2.26. The zero-order valence-corrected chi connectivity index (χ0v) is 11.2. The first kappa shape index (κ1) is 13.0. The molecule has 0 aliphatic carbocycles. The number of thioether (sulfide) groups is 1. The van der Waals surface area contributed by atoms with Crippen molar-refractivity contribution in [1.29, 1.82) is 0 Å². The number of carbonyl (C=O) groups is 1. The Hall–Kier alpha value is -0.0200. The number of Topliss-reactive ketones (excluding diaryl/α,β-unsaturated/α-hetero) is 1. The van der Waals surface area contributed by atoms with Crippen LogP contribution < -0.4 is 0 Å². The molecule has 0 bridgehead atoms. The molecule has 1 rings (SSSR count). The molecule has 1 aliphatic heterocycles. The van der Waals surface area contributed by atoms with Crippen LogP contribution in [0.5, 0.6) is 0 Å². The van der Waals surface area contributed by atoms with Gasteiger partial charge in [0, 0.05) is 18.8 Å². The van der Waals surface area contributed by atoms with Gasteiger partial charge in [-0.05, 0) is 31.9 Å². The number of hydrogen-bond donors (Lipinski definition) is 0. The van der Waals surface area contributed by atoms with Gasteiger partial charge in [-0.15, -0.1) is 0 Å². The second kappa shape index (κ2) is 5.35. The Morgan fingerprint density at radius 3 is 2.80 bits per heavy atom. The molecule has 88 valence electrons. The summed E-state index contributed by atoms with van der Waals surface area (Å²) in [6, 6.07) is 0. The Morgan fingerprint density at radius 2 is 2.27 bits per heavy atom. The highest BCUT2D eigenvalue weighted by atomic mass is 32.2. The predicted octanol–water partition coefficient (Wildman–Crippen LogP) is 2.43. The summed E-state index contributed by atoms with van der Waals surface area (Å²) in [4.78, 5) is 14.2. The summed E-state index contributed by atoms with van der Waals surface area (Å²) in [7, 11) is 0. The summed E-state index contributed by atoms with van der Waals surface area (Å²) in [5.74, 6) is 3.40. The molecule has 0 amide bonds. The van der Waals surface area contributed by atoms with Crippen LogP contribution in [0, 0.1) is 5.92 Å². The zero-order chi connectivity index (χ0) is 11.5. The van der Waals surface area contributed by atoms with Crippen molar-refractivity contribution in [3.63, 3.8) is 0 Å². The summed E-state index contributed by atoms with van der Waals surface area (Å²) in [5, 5.41) is 0. The third kappa shape index (κ3) is 2.97. The van der Waals surface area contributed by atoms with Gasteiger partial charge in [-0.2, -0.15) is 11.8 Å². The lowest BCUT2D eigenvalue weighted by atomic mass is 9.91. The normalized spacial score (nSPS) is 28.1. The van der Waals surface area contributed by atoms with Crippen LogP contribution in [-0.4, -0.2) is 40.8 Å². The van der Waals surface area contributed by atoms with Crippen LogP contribution in [0.4, 0.5) is 0 Å². The topological polar surface area (TPSA) is 20.3 Å². The van der Waals surface area contributed by atoms with Gasteiger partial charge in [0.1, 0.15) is 5.78 Å². The van der Waals surface area contributed by atoms with E-state index in [0.717, 1.165) is 25.3 Å². The minimum atomic E-state index is -0.237. The number of nitrogens with zero attached hydrogens (tertiary/aromatic N) is 1. The summed E-state index contributed by atoms with van der Waals surface area (Å²) < 4.78 is 0. The SMILES string of the molecule is CCC(C)(C(C)=O)N1CCSCC(C)C1. The Balaban J connectivity index is 2.78. The lowest BCUT2D eigenvalue weighted by Crippen LogP contribution is -2.52. The minimum absolute atomic E-state index is 0.237. The summed E-state index contributed by atoms with van der Waals surface area (Å²) in [5.41, 5.74) is -0.237. The Bertz CT molecular complexity index is 232. The van der Waals surface area contributed by atoms with Gasteiger partial charge in [0.15, 0.2) is 0 Å². The molecule has 0 radical (unpaired) electrons. The Labute approximate surface area is 97.8 Å². The van der Waals surface area contributed by atoms with Crippen molar-refractivity contribution in [2.75, 3.05) is 24.6 Å². The van der Waals surface area contributed by atoms with Crippen molar-refractivity contribution in [2.24, 2.45) is 5.92 Å². The lowest BCUT2D eigenvalue weighted by Gasteiger charge is -2.39. The highest BCUT2D eigenvalue weighted by Gasteiger charge is 2.35. The number of carbonyl (C=O) groups excluding carboxylic acids is 1. The summed E-state index contributed by atoms with van der Waals surface area (Å²) in [6.45, 7) is 10.3. The van der Waals surface area contributed by atoms with Crippen LogP contribution in [0.25, 0.3) is 0 Å². The van der Waals surface area contributed by atoms with Crippen LogP contribution in [-0.2, 0) is 4.79 Å². The van der Waals surface area contributed by atoms with E-state index in [9.17, 15) is 4.79 Å². The van der Waals surface area contributed by atoms with Crippen LogP contribution in [0.3, 0.4) is 0 Å². The van der Waals surface area contributed by atoms with Gasteiger partial charge >= 0.3 is 0 Å². The average Bonchev–Trinajstić information content (AvgIpc) is 2.41. The quantitative estimate of drug-likeness (QED) is 0.741. The third-order valence-electron chi connectivity index (χ3n) is 3.58. The van der Waals surface area contributed by atoms with Gasteiger partial charge in [-0.1, -0.05) is 13.8 Å². The van der Waals surface area contributed by atoms with Crippen LogP contribution in [0.2, 0.25) is 0 Å². The van der Waals surface area contributed by atoms with E-state index in [1.54, 1.807) is 6.92 Å². The molecule has 2 unspecified atom stereocenters. The molecule has 2 atom stereocenters. The van der Waals surface area contributed by atoms with Crippen molar-refractivity contribution in [2.45, 2.75) is 39.7 Å². The van der Waals surface area contributed by atoms with Gasteiger partial charge in [0.05, 0.1) is 5.54 Å². The van der Waals surface area contributed by atoms with E-state index in [1.807, 2.05) is 11.8 Å². The maximum absolute atomic E-state index is 11.8. The fraction of sp³-hybridized carbons (Fsp3) is 0.917. The number of rotatable bonds is 3. The molecule has 0 saturated carbocycles. The first-order valence-corrected chi connectivity index (χ1v) is 7.00. The molecular formula is C12H23NOS. The third-order valence-corrected chi connectivity index (χ3v) is 4.86. The second-order valence-electron chi connectivity index (χ2n) is 4.81. The van der Waals surface area contributed by atoms with E-state index in [0.29, 0.717) is 11.7 Å². The molecule has 0 N–H and O–H groups in total. The van der Waals surface area contributed by atoms with E-state index in [2.05, 4.69) is 25.7 Å². The van der Waals surface area contributed by atoms with Crippen molar-refractivity contribution < 1.29 is 4.79 Å². The van der Waals surface area contributed by atoms with Crippen LogP contribution >= 0.6 is 11.8 Å². The summed E-state index contributed by atoms with van der Waals surface area (Å²) >= 11 is 2.01.